The highest BCUT2D eigenvalue weighted by Gasteiger charge is 1.93. The van der Waals surface area contributed by atoms with Gasteiger partial charge < -0.3 is 4.74 Å². The summed E-state index contributed by atoms with van der Waals surface area (Å²) in [7, 11) is 0. The number of hydrogen-bond acceptors (Lipinski definition) is 2. The Bertz CT molecular complexity index is 252. The van der Waals surface area contributed by atoms with E-state index in [9.17, 15) is 0 Å². The molecule has 0 aromatic heterocycles. The average molecular weight is 261 g/mol. The smallest absolute Gasteiger partial charge is 0.0717 e. The van der Waals surface area contributed by atoms with E-state index in [1.165, 1.54) is 5.56 Å². The maximum atomic E-state index is 5.45. The highest BCUT2D eigenvalue weighted by molar-refractivity contribution is 9.10. The topological polar surface area (TPSA) is 9.23 Å². The molecule has 0 N–H and O–H groups in total. The van der Waals surface area contributed by atoms with E-state index in [2.05, 4.69) is 40.7 Å². The second-order valence-corrected chi connectivity index (χ2v) is 4.12. The van der Waals surface area contributed by atoms with Crippen LogP contribution in [-0.4, -0.2) is 12.4 Å². The van der Waals surface area contributed by atoms with Gasteiger partial charge in [0.05, 0.1) is 6.61 Å². The number of ether oxygens (including phenoxy) is 1. The molecule has 0 saturated carbocycles. The van der Waals surface area contributed by atoms with Gasteiger partial charge in [0.25, 0.3) is 0 Å². The van der Waals surface area contributed by atoms with Crippen molar-refractivity contribution in [1.82, 2.24) is 0 Å². The molecule has 0 radical (unpaired) electrons. The molecule has 1 aromatic carbocycles. The van der Waals surface area contributed by atoms with E-state index in [4.69, 9.17) is 4.74 Å². The Balaban J connectivity index is 2.28. The van der Waals surface area contributed by atoms with E-state index in [1.54, 1.807) is 0 Å². The van der Waals surface area contributed by atoms with Gasteiger partial charge in [-0.05, 0) is 29.9 Å². The lowest BCUT2D eigenvalue weighted by molar-refractivity contribution is 0.122. The van der Waals surface area contributed by atoms with Crippen molar-refractivity contribution < 1.29 is 4.74 Å². The highest BCUT2D eigenvalue weighted by atomic mass is 79.9. The van der Waals surface area contributed by atoms with Gasteiger partial charge in [-0.25, -0.2) is 0 Å². The molecule has 0 bridgehead atoms. The Morgan fingerprint density at radius 2 is 2.23 bits per heavy atom. The monoisotopic (exact) mass is 260 g/mol. The third kappa shape index (κ3) is 4.69. The lowest BCUT2D eigenvalue weighted by Gasteiger charge is -2.03. The van der Waals surface area contributed by atoms with Gasteiger partial charge in [-0.15, -0.1) is 0 Å². The zero-order chi connectivity index (χ0) is 9.52. The summed E-state index contributed by atoms with van der Waals surface area (Å²) in [5, 5.41) is 0. The molecule has 0 aliphatic heterocycles. The summed E-state index contributed by atoms with van der Waals surface area (Å²) in [5.41, 5.74) is 1.20. The first-order chi connectivity index (χ1) is 6.33. The second kappa shape index (κ2) is 6.46. The third-order valence-electron chi connectivity index (χ3n) is 1.60. The van der Waals surface area contributed by atoms with Crippen LogP contribution in [0.5, 0.6) is 0 Å². The van der Waals surface area contributed by atoms with Gasteiger partial charge in [0, 0.05) is 11.1 Å². The highest BCUT2D eigenvalue weighted by Crippen LogP contribution is 2.12. The lowest BCUT2D eigenvalue weighted by Crippen LogP contribution is -1.95. The van der Waals surface area contributed by atoms with Crippen molar-refractivity contribution in [1.29, 1.82) is 0 Å². The van der Waals surface area contributed by atoms with Gasteiger partial charge in [0.2, 0.25) is 0 Å². The van der Waals surface area contributed by atoms with Crippen LogP contribution in [0, 0.1) is 0 Å². The van der Waals surface area contributed by atoms with E-state index >= 15 is 0 Å². The maximum absolute atomic E-state index is 5.45. The molecule has 13 heavy (non-hydrogen) atoms. The number of benzene rings is 1. The van der Waals surface area contributed by atoms with E-state index in [-0.39, 0.29) is 0 Å². The average Bonchev–Trinajstić information content (AvgIpc) is 2.13. The lowest BCUT2D eigenvalue weighted by atomic mass is 10.2. The molecule has 0 aliphatic carbocycles. The first-order valence-electron chi connectivity index (χ1n) is 4.26. The van der Waals surface area contributed by atoms with Gasteiger partial charge in [-0.2, -0.15) is 12.6 Å². The summed E-state index contributed by atoms with van der Waals surface area (Å²) in [4.78, 5) is 0. The Hall–Kier alpha value is 0.01000. The van der Waals surface area contributed by atoms with Gasteiger partial charge in [0.1, 0.15) is 0 Å². The minimum absolute atomic E-state index is 0.688. The number of rotatable bonds is 5. The summed E-state index contributed by atoms with van der Waals surface area (Å²) < 4.78 is 6.55. The Kier molecular flexibility index (Phi) is 5.51. The standard InChI is InChI=1S/C10H13BrOS/c11-10-4-1-3-9(7-10)8-12-5-2-6-13/h1,3-4,7,13H,2,5-6,8H2. The van der Waals surface area contributed by atoms with Gasteiger partial charge in [-0.3, -0.25) is 0 Å². The first-order valence-corrected chi connectivity index (χ1v) is 5.68. The van der Waals surface area contributed by atoms with Crippen molar-refractivity contribution >= 4 is 28.6 Å². The van der Waals surface area contributed by atoms with Crippen LogP contribution in [0.25, 0.3) is 0 Å². The molecule has 0 atom stereocenters. The van der Waals surface area contributed by atoms with Crippen molar-refractivity contribution in [2.24, 2.45) is 0 Å². The Morgan fingerprint density at radius 1 is 1.38 bits per heavy atom. The molecule has 0 fully saturated rings. The molecule has 1 rings (SSSR count). The van der Waals surface area contributed by atoms with E-state index in [1.807, 2.05) is 12.1 Å². The molecule has 0 saturated heterocycles. The van der Waals surface area contributed by atoms with Gasteiger partial charge in [0.15, 0.2) is 0 Å². The largest absolute Gasteiger partial charge is 0.377 e. The number of hydrogen-bond donors (Lipinski definition) is 1. The number of thiol groups is 1. The molecule has 0 amide bonds. The SMILES string of the molecule is SCCCOCc1cccc(Br)c1. The Morgan fingerprint density at radius 3 is 2.92 bits per heavy atom. The molecule has 0 spiro atoms. The molecule has 0 aliphatic rings. The second-order valence-electron chi connectivity index (χ2n) is 2.76. The minimum atomic E-state index is 0.688. The van der Waals surface area contributed by atoms with Crippen LogP contribution in [0.1, 0.15) is 12.0 Å². The first kappa shape index (κ1) is 11.1. The predicted octanol–water partition coefficient (Wildman–Crippen LogP) is 3.29. The summed E-state index contributed by atoms with van der Waals surface area (Å²) >= 11 is 7.53. The fourth-order valence-electron chi connectivity index (χ4n) is 0.983. The molecule has 3 heteroatoms. The molecule has 1 aromatic rings. The zero-order valence-corrected chi connectivity index (χ0v) is 9.85. The summed E-state index contributed by atoms with van der Waals surface area (Å²) in [6.45, 7) is 1.48. The molecule has 0 unspecified atom stereocenters. The van der Waals surface area contributed by atoms with E-state index in [0.717, 1.165) is 23.3 Å². The van der Waals surface area contributed by atoms with Crippen LogP contribution in [0.2, 0.25) is 0 Å². The van der Waals surface area contributed by atoms with Gasteiger partial charge in [-0.1, -0.05) is 28.1 Å². The maximum Gasteiger partial charge on any atom is 0.0717 e. The number of halogens is 1. The van der Waals surface area contributed by atoms with Crippen LogP contribution in [-0.2, 0) is 11.3 Å². The zero-order valence-electron chi connectivity index (χ0n) is 7.37. The summed E-state index contributed by atoms with van der Waals surface area (Å²) in [6.07, 6.45) is 1.01. The summed E-state index contributed by atoms with van der Waals surface area (Å²) in [5.74, 6) is 0.887. The van der Waals surface area contributed by atoms with Crippen LogP contribution in [0.15, 0.2) is 28.7 Å². The van der Waals surface area contributed by atoms with Crippen molar-refractivity contribution in [3.8, 4) is 0 Å². The van der Waals surface area contributed by atoms with Crippen LogP contribution in [0.3, 0.4) is 0 Å². The molecule has 1 nitrogen and oxygen atoms in total. The fourth-order valence-corrected chi connectivity index (χ4v) is 1.56. The predicted molar refractivity (Wildman–Crippen MR) is 62.3 cm³/mol. The third-order valence-corrected chi connectivity index (χ3v) is 2.41. The van der Waals surface area contributed by atoms with Crippen LogP contribution in [0.4, 0.5) is 0 Å². The van der Waals surface area contributed by atoms with Crippen molar-refractivity contribution in [3.05, 3.63) is 34.3 Å². The molecular formula is C10H13BrOS. The van der Waals surface area contributed by atoms with E-state index in [0.29, 0.717) is 6.61 Å². The van der Waals surface area contributed by atoms with Crippen molar-refractivity contribution in [2.75, 3.05) is 12.4 Å². The van der Waals surface area contributed by atoms with Gasteiger partial charge >= 0.3 is 0 Å². The van der Waals surface area contributed by atoms with Crippen molar-refractivity contribution in [2.45, 2.75) is 13.0 Å². The van der Waals surface area contributed by atoms with Crippen LogP contribution < -0.4 is 0 Å². The fraction of sp³-hybridized carbons (Fsp3) is 0.400. The minimum Gasteiger partial charge on any atom is -0.377 e. The van der Waals surface area contributed by atoms with E-state index < -0.39 is 0 Å². The van der Waals surface area contributed by atoms with Crippen LogP contribution >= 0.6 is 28.6 Å². The molecular weight excluding hydrogens is 248 g/mol. The Labute approximate surface area is 93.0 Å². The summed E-state index contributed by atoms with van der Waals surface area (Å²) in [6, 6.07) is 8.16. The normalized spacial score (nSPS) is 10.3. The van der Waals surface area contributed by atoms with Crippen molar-refractivity contribution in [3.63, 3.8) is 0 Å². The molecule has 72 valence electrons. The quantitative estimate of drug-likeness (QED) is 0.632. The molecule has 0 heterocycles.